The Morgan fingerprint density at radius 2 is 1.65 bits per heavy atom. The zero-order chi connectivity index (χ0) is 32.4. The van der Waals surface area contributed by atoms with Gasteiger partial charge in [-0.3, -0.25) is 14.6 Å². The third-order valence-corrected chi connectivity index (χ3v) is 10.1. The molecule has 3 aromatic rings. The minimum absolute atomic E-state index is 0.0783. The summed E-state index contributed by atoms with van der Waals surface area (Å²) in [5.41, 5.74) is 2.81. The van der Waals surface area contributed by atoms with Crippen molar-refractivity contribution in [3.8, 4) is 5.75 Å². The molecule has 0 spiro atoms. The van der Waals surface area contributed by atoms with E-state index in [0.717, 1.165) is 81.8 Å². The number of amides is 1. The summed E-state index contributed by atoms with van der Waals surface area (Å²) in [7, 11) is 0. The Morgan fingerprint density at radius 3 is 2.48 bits per heavy atom. The number of nitrogens with zero attached hydrogens (tertiary/aromatic N) is 3. The molecule has 1 fully saturated rings. The van der Waals surface area contributed by atoms with Crippen molar-refractivity contribution in [2.24, 2.45) is 0 Å². The highest BCUT2D eigenvalue weighted by Crippen LogP contribution is 2.42. The number of thiophene rings is 1. The molecule has 3 heterocycles. The maximum absolute atomic E-state index is 13.1. The molecule has 2 aliphatic heterocycles. The lowest BCUT2D eigenvalue weighted by Gasteiger charge is -2.38. The van der Waals surface area contributed by atoms with E-state index in [0.29, 0.717) is 19.6 Å². The van der Waals surface area contributed by atoms with Crippen molar-refractivity contribution in [1.29, 1.82) is 0 Å². The number of ether oxygens (including phenoxy) is 3. The van der Waals surface area contributed by atoms with Gasteiger partial charge in [-0.05, 0) is 61.0 Å². The largest absolute Gasteiger partial charge is 0.510 e. The highest BCUT2D eigenvalue weighted by molar-refractivity contribution is 7.17. The summed E-state index contributed by atoms with van der Waals surface area (Å²) in [6, 6.07) is 14.8. The molecule has 9 heteroatoms. The normalized spacial score (nSPS) is 16.5. The van der Waals surface area contributed by atoms with Gasteiger partial charge in [-0.2, -0.15) is 0 Å². The van der Waals surface area contributed by atoms with E-state index in [1.807, 2.05) is 18.2 Å². The summed E-state index contributed by atoms with van der Waals surface area (Å²) in [4.78, 5) is 32.0. The molecule has 0 N–H and O–H groups in total. The summed E-state index contributed by atoms with van der Waals surface area (Å²) in [6.45, 7) is 12.4. The van der Waals surface area contributed by atoms with Gasteiger partial charge in [-0.1, -0.05) is 65.0 Å². The average Bonchev–Trinajstić information content (AvgIpc) is 3.53. The second-order valence-corrected chi connectivity index (χ2v) is 14.1. The number of rotatable bonds is 16. The summed E-state index contributed by atoms with van der Waals surface area (Å²) in [6.07, 6.45) is 8.30. The van der Waals surface area contributed by atoms with E-state index in [1.54, 1.807) is 11.3 Å². The van der Waals surface area contributed by atoms with Crippen LogP contribution in [0.15, 0.2) is 47.8 Å². The van der Waals surface area contributed by atoms with Gasteiger partial charge in [0.2, 0.25) is 5.91 Å². The molecule has 0 atom stereocenters. The molecule has 0 radical (unpaired) electrons. The predicted octanol–water partition coefficient (Wildman–Crippen LogP) is 8.37. The lowest BCUT2D eigenvalue weighted by atomic mass is 9.77. The minimum atomic E-state index is -0.735. The number of carbonyl (C=O) groups is 2. The monoisotopic (exact) mass is 649 g/mol. The smallest absolute Gasteiger partial charge is 0.494 e. The maximum atomic E-state index is 13.1. The fraction of sp³-hybridized carbons (Fsp3) is 0.568. The van der Waals surface area contributed by atoms with Crippen LogP contribution in [0.3, 0.4) is 0 Å². The van der Waals surface area contributed by atoms with Gasteiger partial charge >= 0.3 is 6.16 Å². The minimum Gasteiger partial charge on any atom is -0.494 e. The molecule has 0 saturated carbocycles. The van der Waals surface area contributed by atoms with Crippen molar-refractivity contribution >= 4 is 44.9 Å². The fourth-order valence-electron chi connectivity index (χ4n) is 6.53. The first-order chi connectivity index (χ1) is 22.4. The first kappa shape index (κ1) is 34.0. The van der Waals surface area contributed by atoms with Gasteiger partial charge in [0.15, 0.2) is 6.73 Å². The molecule has 1 saturated heterocycles. The van der Waals surface area contributed by atoms with Gasteiger partial charge in [-0.25, -0.2) is 4.79 Å². The topological polar surface area (TPSA) is 71.5 Å². The predicted molar refractivity (Wildman–Crippen MR) is 187 cm³/mol. The fourth-order valence-corrected chi connectivity index (χ4v) is 7.34. The van der Waals surface area contributed by atoms with E-state index < -0.39 is 6.16 Å². The summed E-state index contributed by atoms with van der Waals surface area (Å²) >= 11 is 1.81. The first-order valence-corrected chi connectivity index (χ1v) is 18.0. The molecule has 1 aromatic heterocycles. The number of piperazine rings is 1. The number of benzene rings is 2. The zero-order valence-corrected chi connectivity index (χ0v) is 28.7. The third-order valence-electron chi connectivity index (χ3n) is 9.24. The molecule has 2 aromatic carbocycles. The number of hydrogen-bond acceptors (Lipinski definition) is 8. The van der Waals surface area contributed by atoms with E-state index in [1.165, 1.54) is 39.9 Å². The molecule has 5 rings (SSSR count). The third kappa shape index (κ3) is 8.94. The number of anilines is 2. The van der Waals surface area contributed by atoms with E-state index in [4.69, 9.17) is 14.2 Å². The quantitative estimate of drug-likeness (QED) is 0.114. The summed E-state index contributed by atoms with van der Waals surface area (Å²) in [5, 5.41) is 3.54. The highest BCUT2D eigenvalue weighted by atomic mass is 32.1. The van der Waals surface area contributed by atoms with Crippen molar-refractivity contribution in [2.45, 2.75) is 84.0 Å². The van der Waals surface area contributed by atoms with Crippen molar-refractivity contribution in [3.63, 3.8) is 0 Å². The molecule has 46 heavy (non-hydrogen) atoms. The molecule has 2 aliphatic rings. The Kier molecular flexibility index (Phi) is 12.2. The van der Waals surface area contributed by atoms with Crippen molar-refractivity contribution in [1.82, 2.24) is 4.90 Å². The van der Waals surface area contributed by atoms with Crippen LogP contribution < -0.4 is 14.5 Å². The van der Waals surface area contributed by atoms with Crippen LogP contribution in [-0.4, -0.2) is 69.6 Å². The summed E-state index contributed by atoms with van der Waals surface area (Å²) < 4.78 is 18.1. The maximum Gasteiger partial charge on any atom is 0.510 e. The Labute approximate surface area is 278 Å². The molecule has 8 nitrogen and oxygen atoms in total. The Balaban J connectivity index is 1.05. The molecule has 0 unspecified atom stereocenters. The van der Waals surface area contributed by atoms with Crippen LogP contribution in [-0.2, 0) is 19.7 Å². The highest BCUT2D eigenvalue weighted by Gasteiger charge is 2.37. The van der Waals surface area contributed by atoms with Crippen LogP contribution in [0, 0.1) is 0 Å². The zero-order valence-electron chi connectivity index (χ0n) is 27.9. The average molecular weight is 650 g/mol. The van der Waals surface area contributed by atoms with Crippen molar-refractivity contribution in [3.05, 3.63) is 53.4 Å². The van der Waals surface area contributed by atoms with E-state index in [9.17, 15) is 9.59 Å². The Bertz CT molecular complexity index is 1430. The van der Waals surface area contributed by atoms with E-state index in [-0.39, 0.29) is 18.1 Å². The van der Waals surface area contributed by atoms with Gasteiger partial charge in [0.1, 0.15) is 5.75 Å². The van der Waals surface area contributed by atoms with Crippen LogP contribution in [0.4, 0.5) is 16.2 Å². The van der Waals surface area contributed by atoms with Gasteiger partial charge in [0.25, 0.3) is 0 Å². The number of fused-ring (bicyclic) bond motifs is 2. The first-order valence-electron chi connectivity index (χ1n) is 17.2. The summed E-state index contributed by atoms with van der Waals surface area (Å²) in [5.74, 6) is 0.640. The SMILES string of the molecule is CCCCCCCCOC(=O)OCN1C(=O)CC(C)(C)c2ccc(OCCCCN3CCN(c4cccc5sccc45)CC3)cc21. The Hall–Kier alpha value is -3.30. The molecule has 1 amide bonds. The van der Waals surface area contributed by atoms with Crippen LogP contribution >= 0.6 is 11.3 Å². The molecular weight excluding hydrogens is 598 g/mol. The second kappa shape index (κ2) is 16.5. The van der Waals surface area contributed by atoms with E-state index >= 15 is 0 Å². The van der Waals surface area contributed by atoms with Crippen LogP contribution in [0.2, 0.25) is 0 Å². The lowest BCUT2D eigenvalue weighted by Crippen LogP contribution is -2.46. The number of carbonyl (C=O) groups excluding carboxylic acids is 2. The van der Waals surface area contributed by atoms with Gasteiger partial charge in [0.05, 0.1) is 18.9 Å². The van der Waals surface area contributed by atoms with Gasteiger partial charge in [-0.15, -0.1) is 11.3 Å². The lowest BCUT2D eigenvalue weighted by molar-refractivity contribution is -0.121. The second-order valence-electron chi connectivity index (χ2n) is 13.2. The van der Waals surface area contributed by atoms with Crippen LogP contribution in [0.25, 0.3) is 10.1 Å². The van der Waals surface area contributed by atoms with Gasteiger partial charge < -0.3 is 19.1 Å². The Morgan fingerprint density at radius 1 is 0.870 bits per heavy atom. The molecule has 0 aliphatic carbocycles. The number of hydrogen-bond donors (Lipinski definition) is 0. The van der Waals surface area contributed by atoms with Crippen LogP contribution in [0.1, 0.15) is 84.1 Å². The molecular formula is C37H51N3O5S. The van der Waals surface area contributed by atoms with E-state index in [2.05, 4.69) is 60.2 Å². The number of unbranched alkanes of at least 4 members (excludes halogenated alkanes) is 6. The van der Waals surface area contributed by atoms with Crippen molar-refractivity contribution < 1.29 is 23.8 Å². The standard InChI is InChI=1S/C37H51N3O5S/c1-4-5-6-7-8-10-24-44-36(42)45-28-40-33-26-29(15-16-31(33)37(2,3)27-35(40)41)43-23-11-9-18-38-19-21-39(22-20-38)32-13-12-14-34-30(32)17-25-46-34/h12-17,25-26H,4-11,18-24,27-28H2,1-3H3. The van der Waals surface area contributed by atoms with Crippen LogP contribution in [0.5, 0.6) is 5.75 Å². The van der Waals surface area contributed by atoms with Crippen molar-refractivity contribution in [2.75, 3.05) is 62.5 Å². The molecule has 0 bridgehead atoms. The molecule has 250 valence electrons. The van der Waals surface area contributed by atoms with Gasteiger partial charge in [0, 0.05) is 59.9 Å².